The van der Waals surface area contributed by atoms with E-state index in [0.29, 0.717) is 24.6 Å². The second-order valence-electron chi connectivity index (χ2n) is 6.17. The third-order valence-electron chi connectivity index (χ3n) is 3.97. The van der Waals surface area contributed by atoms with E-state index in [1.165, 1.54) is 16.9 Å². The number of ether oxygens (including phenoxy) is 1. The van der Waals surface area contributed by atoms with Gasteiger partial charge in [-0.15, -0.1) is 11.3 Å². The highest BCUT2D eigenvalue weighted by Gasteiger charge is 2.08. The predicted molar refractivity (Wildman–Crippen MR) is 107 cm³/mol. The fourth-order valence-electron chi connectivity index (χ4n) is 2.53. The largest absolute Gasteiger partial charge is 0.493 e. The van der Waals surface area contributed by atoms with Crippen molar-refractivity contribution in [1.29, 1.82) is 0 Å². The van der Waals surface area contributed by atoms with Crippen molar-refractivity contribution in [2.75, 3.05) is 11.9 Å². The number of carbonyl (C=O) groups is 1. The summed E-state index contributed by atoms with van der Waals surface area (Å²) in [6.07, 6.45) is 1.07. The number of thiazole rings is 1. The summed E-state index contributed by atoms with van der Waals surface area (Å²) in [4.78, 5) is 16.6. The molecule has 3 aromatic rings. The molecule has 0 atom stereocenters. The quantitative estimate of drug-likeness (QED) is 0.583. The Kier molecular flexibility index (Phi) is 6.02. The zero-order valence-electron chi connectivity index (χ0n) is 15.0. The average molecular weight is 366 g/mol. The monoisotopic (exact) mass is 366 g/mol. The van der Waals surface area contributed by atoms with Gasteiger partial charge < -0.3 is 10.1 Å². The first-order valence-electron chi connectivity index (χ1n) is 8.62. The van der Waals surface area contributed by atoms with Crippen LogP contribution in [0.2, 0.25) is 0 Å². The second kappa shape index (κ2) is 8.63. The molecule has 26 heavy (non-hydrogen) atoms. The van der Waals surface area contributed by atoms with E-state index < -0.39 is 0 Å². The van der Waals surface area contributed by atoms with Gasteiger partial charge in [-0.3, -0.25) is 4.79 Å². The maximum absolute atomic E-state index is 12.1. The Morgan fingerprint density at radius 1 is 1.15 bits per heavy atom. The normalized spacial score (nSPS) is 10.5. The lowest BCUT2D eigenvalue weighted by atomic mass is 10.1. The van der Waals surface area contributed by atoms with E-state index in [0.717, 1.165) is 22.6 Å². The molecule has 0 fully saturated rings. The Morgan fingerprint density at radius 2 is 1.96 bits per heavy atom. The van der Waals surface area contributed by atoms with Crippen LogP contribution in [0.3, 0.4) is 0 Å². The molecule has 3 rings (SSSR count). The molecule has 0 saturated heterocycles. The van der Waals surface area contributed by atoms with Gasteiger partial charge in [0.2, 0.25) is 5.91 Å². The number of hydrogen-bond acceptors (Lipinski definition) is 4. The van der Waals surface area contributed by atoms with Crippen molar-refractivity contribution >= 4 is 22.4 Å². The minimum Gasteiger partial charge on any atom is -0.493 e. The molecule has 134 valence electrons. The summed E-state index contributed by atoms with van der Waals surface area (Å²) in [5.41, 5.74) is 4.20. The average Bonchev–Trinajstić information content (AvgIpc) is 3.10. The number of aromatic nitrogens is 1. The topological polar surface area (TPSA) is 51.2 Å². The summed E-state index contributed by atoms with van der Waals surface area (Å²) in [5, 5.41) is 5.45. The van der Waals surface area contributed by atoms with E-state index in [1.54, 1.807) is 0 Å². The molecule has 2 aromatic carbocycles. The number of benzene rings is 2. The van der Waals surface area contributed by atoms with Crippen LogP contribution >= 0.6 is 11.3 Å². The van der Waals surface area contributed by atoms with E-state index in [2.05, 4.69) is 16.4 Å². The summed E-state index contributed by atoms with van der Waals surface area (Å²) in [6, 6.07) is 16.1. The molecule has 0 radical (unpaired) electrons. The van der Waals surface area contributed by atoms with Crippen molar-refractivity contribution in [2.45, 2.75) is 26.7 Å². The van der Waals surface area contributed by atoms with Gasteiger partial charge in [0.25, 0.3) is 0 Å². The van der Waals surface area contributed by atoms with Crippen LogP contribution in [0.15, 0.2) is 53.9 Å². The summed E-state index contributed by atoms with van der Waals surface area (Å²) in [7, 11) is 0. The smallest absolute Gasteiger partial charge is 0.226 e. The van der Waals surface area contributed by atoms with E-state index >= 15 is 0 Å². The Bertz CT molecular complexity index is 875. The summed E-state index contributed by atoms with van der Waals surface area (Å²) in [5.74, 6) is 0.848. The molecule has 1 heterocycles. The summed E-state index contributed by atoms with van der Waals surface area (Å²) in [6.45, 7) is 4.58. The van der Waals surface area contributed by atoms with Gasteiger partial charge >= 0.3 is 0 Å². The number of nitrogens with zero attached hydrogens (tertiary/aromatic N) is 1. The second-order valence-corrected chi connectivity index (χ2v) is 7.03. The molecule has 1 aromatic heterocycles. The third-order valence-corrected chi connectivity index (χ3v) is 4.73. The van der Waals surface area contributed by atoms with Crippen LogP contribution in [0.1, 0.15) is 24.0 Å². The van der Waals surface area contributed by atoms with E-state index in [4.69, 9.17) is 4.74 Å². The molecule has 0 saturated carbocycles. The fourth-order valence-corrected chi connectivity index (χ4v) is 3.27. The van der Waals surface area contributed by atoms with Crippen molar-refractivity contribution in [3.05, 3.63) is 65.0 Å². The zero-order chi connectivity index (χ0) is 18.4. The van der Waals surface area contributed by atoms with Crippen LogP contribution in [-0.2, 0) is 4.79 Å². The number of nitrogens with one attached hydrogen (secondary N) is 1. The Hall–Kier alpha value is -2.66. The molecule has 0 aliphatic heterocycles. The van der Waals surface area contributed by atoms with Gasteiger partial charge in [-0.25, -0.2) is 4.98 Å². The van der Waals surface area contributed by atoms with Crippen LogP contribution in [0.5, 0.6) is 5.75 Å². The standard InChI is InChI=1S/C21H22N2O2S/c1-15-10-11-16(2)19(13-15)25-12-6-9-20(24)23-21-22-18(14-26-21)17-7-4-3-5-8-17/h3-5,7-8,10-11,13-14H,6,9,12H2,1-2H3,(H,22,23,24). The zero-order valence-corrected chi connectivity index (χ0v) is 15.8. The molecule has 0 unspecified atom stereocenters. The number of carbonyl (C=O) groups excluding carboxylic acids is 1. The molecular weight excluding hydrogens is 344 g/mol. The summed E-state index contributed by atoms with van der Waals surface area (Å²) >= 11 is 1.44. The molecule has 0 spiro atoms. The number of amides is 1. The van der Waals surface area contributed by atoms with Crippen molar-refractivity contribution in [1.82, 2.24) is 4.98 Å². The molecule has 0 bridgehead atoms. The van der Waals surface area contributed by atoms with Gasteiger partial charge in [-0.1, -0.05) is 42.5 Å². The molecule has 5 heteroatoms. The van der Waals surface area contributed by atoms with Crippen molar-refractivity contribution in [3.63, 3.8) is 0 Å². The third kappa shape index (κ3) is 4.92. The Morgan fingerprint density at radius 3 is 2.77 bits per heavy atom. The lowest BCUT2D eigenvalue weighted by Crippen LogP contribution is -2.12. The minimum absolute atomic E-state index is 0.0384. The highest BCUT2D eigenvalue weighted by Crippen LogP contribution is 2.24. The number of rotatable bonds is 7. The van der Waals surface area contributed by atoms with Gasteiger partial charge in [0.05, 0.1) is 12.3 Å². The van der Waals surface area contributed by atoms with Crippen LogP contribution in [-0.4, -0.2) is 17.5 Å². The van der Waals surface area contributed by atoms with E-state index in [-0.39, 0.29) is 5.91 Å². The minimum atomic E-state index is -0.0384. The molecule has 4 nitrogen and oxygen atoms in total. The number of anilines is 1. The lowest BCUT2D eigenvalue weighted by Gasteiger charge is -2.09. The highest BCUT2D eigenvalue weighted by atomic mass is 32.1. The predicted octanol–water partition coefficient (Wildman–Crippen LogP) is 5.22. The molecule has 0 aliphatic carbocycles. The van der Waals surface area contributed by atoms with E-state index in [1.807, 2.05) is 61.7 Å². The first-order chi connectivity index (χ1) is 12.6. The van der Waals surface area contributed by atoms with E-state index in [9.17, 15) is 4.79 Å². The van der Waals surface area contributed by atoms with Crippen molar-refractivity contribution < 1.29 is 9.53 Å². The lowest BCUT2D eigenvalue weighted by molar-refractivity contribution is -0.116. The Balaban J connectivity index is 1.45. The fraction of sp³-hybridized carbons (Fsp3) is 0.238. The molecule has 0 aliphatic rings. The SMILES string of the molecule is Cc1ccc(C)c(OCCCC(=O)Nc2nc(-c3ccccc3)cs2)c1. The van der Waals surface area contributed by atoms with Crippen LogP contribution in [0.4, 0.5) is 5.13 Å². The number of hydrogen-bond donors (Lipinski definition) is 1. The van der Waals surface area contributed by atoms with Gasteiger partial charge in [-0.05, 0) is 37.5 Å². The Labute approximate surface area is 157 Å². The highest BCUT2D eigenvalue weighted by molar-refractivity contribution is 7.14. The van der Waals surface area contributed by atoms with Crippen LogP contribution in [0, 0.1) is 13.8 Å². The first-order valence-corrected chi connectivity index (χ1v) is 9.50. The first kappa shape index (κ1) is 18.1. The maximum atomic E-state index is 12.1. The van der Waals surface area contributed by atoms with Crippen molar-refractivity contribution in [3.8, 4) is 17.0 Å². The van der Waals surface area contributed by atoms with Gasteiger partial charge in [0.15, 0.2) is 5.13 Å². The maximum Gasteiger partial charge on any atom is 0.226 e. The number of aryl methyl sites for hydroxylation is 2. The summed E-state index contributed by atoms with van der Waals surface area (Å²) < 4.78 is 5.79. The molecule has 1 N–H and O–H groups in total. The van der Waals surface area contributed by atoms with Gasteiger partial charge in [0, 0.05) is 17.4 Å². The van der Waals surface area contributed by atoms with Crippen LogP contribution in [0.25, 0.3) is 11.3 Å². The molecular formula is C21H22N2O2S. The molecule has 1 amide bonds. The van der Waals surface area contributed by atoms with Gasteiger partial charge in [0.1, 0.15) is 5.75 Å². The van der Waals surface area contributed by atoms with Crippen molar-refractivity contribution in [2.24, 2.45) is 0 Å². The van der Waals surface area contributed by atoms with Gasteiger partial charge in [-0.2, -0.15) is 0 Å². The van der Waals surface area contributed by atoms with Crippen LogP contribution < -0.4 is 10.1 Å².